The number of hydrogen-bond acceptors (Lipinski definition) is 7. The van der Waals surface area contributed by atoms with Gasteiger partial charge < -0.3 is 19.5 Å². The van der Waals surface area contributed by atoms with Crippen molar-refractivity contribution in [2.75, 3.05) is 35.9 Å². The van der Waals surface area contributed by atoms with E-state index in [1.165, 1.54) is 24.3 Å². The van der Waals surface area contributed by atoms with Gasteiger partial charge in [-0.1, -0.05) is 0 Å². The second-order valence-corrected chi connectivity index (χ2v) is 9.27. The maximum absolute atomic E-state index is 12.8. The Kier molecular flexibility index (Phi) is 7.80. The van der Waals surface area contributed by atoms with Crippen LogP contribution in [0.1, 0.15) is 37.0 Å². The first kappa shape index (κ1) is 24.4. The molecule has 9 nitrogen and oxygen atoms in total. The largest absolute Gasteiger partial charge is 0.494 e. The van der Waals surface area contributed by atoms with Crippen LogP contribution in [0.3, 0.4) is 0 Å². The van der Waals surface area contributed by atoms with Crippen LogP contribution in [-0.4, -0.2) is 51.8 Å². The summed E-state index contributed by atoms with van der Waals surface area (Å²) >= 11 is 0. The fraction of sp³-hybridized carbons (Fsp3) is 0.391. The van der Waals surface area contributed by atoms with E-state index in [1.54, 1.807) is 25.1 Å². The molecule has 0 aliphatic carbocycles. The zero-order valence-electron chi connectivity index (χ0n) is 18.6. The van der Waals surface area contributed by atoms with Gasteiger partial charge in [-0.25, -0.2) is 13.2 Å². The summed E-state index contributed by atoms with van der Waals surface area (Å²) in [4.78, 5) is 26.0. The fourth-order valence-electron chi connectivity index (χ4n) is 3.79. The molecular weight excluding hydrogens is 448 g/mol. The van der Waals surface area contributed by atoms with Gasteiger partial charge in [-0.3, -0.25) is 9.52 Å². The molecule has 10 heteroatoms. The molecule has 0 spiro atoms. The van der Waals surface area contributed by atoms with E-state index in [1.807, 2.05) is 11.8 Å². The molecule has 0 amide bonds. The summed E-state index contributed by atoms with van der Waals surface area (Å²) < 4.78 is 38.4. The van der Waals surface area contributed by atoms with Gasteiger partial charge in [-0.2, -0.15) is 0 Å². The molecule has 1 fully saturated rings. The van der Waals surface area contributed by atoms with Crippen LogP contribution in [0, 0.1) is 5.92 Å². The summed E-state index contributed by atoms with van der Waals surface area (Å²) in [6, 6.07) is 10.3. The number of aromatic carboxylic acids is 1. The maximum atomic E-state index is 12.8. The molecule has 1 heterocycles. The predicted octanol–water partition coefficient (Wildman–Crippen LogP) is 3.36. The standard InChI is InChI=1S/C23H28N2O7S/c1-3-31-18-8-10-19(11-9-18)33(29,30)24-17-7-12-21(20(14-17)22(26)27)25-13-5-6-16(15-25)23(28)32-4-2/h7-12,14,16,24H,3-6,13,15H2,1-2H3,(H,26,27). The Labute approximate surface area is 193 Å². The molecule has 1 unspecified atom stereocenters. The lowest BCUT2D eigenvalue weighted by Gasteiger charge is -2.34. The molecule has 2 aromatic rings. The first-order chi connectivity index (χ1) is 15.7. The third-order valence-electron chi connectivity index (χ3n) is 5.31. The van der Waals surface area contributed by atoms with Crippen molar-refractivity contribution in [3.63, 3.8) is 0 Å². The number of sulfonamides is 1. The normalized spacial score (nSPS) is 16.2. The van der Waals surface area contributed by atoms with Crippen LogP contribution in [0.5, 0.6) is 5.75 Å². The third-order valence-corrected chi connectivity index (χ3v) is 6.70. The minimum atomic E-state index is -3.92. The van der Waals surface area contributed by atoms with E-state index in [2.05, 4.69) is 4.72 Å². The highest BCUT2D eigenvalue weighted by atomic mass is 32.2. The highest BCUT2D eigenvalue weighted by molar-refractivity contribution is 7.92. The first-order valence-corrected chi connectivity index (χ1v) is 12.3. The Morgan fingerprint density at radius 3 is 2.48 bits per heavy atom. The summed E-state index contributed by atoms with van der Waals surface area (Å²) in [5.74, 6) is -1.26. The van der Waals surface area contributed by atoms with Gasteiger partial charge in [0.05, 0.1) is 35.3 Å². The molecule has 178 valence electrons. The molecule has 1 atom stereocenters. The van der Waals surface area contributed by atoms with Crippen molar-refractivity contribution in [1.29, 1.82) is 0 Å². The quantitative estimate of drug-likeness (QED) is 0.528. The Morgan fingerprint density at radius 2 is 1.85 bits per heavy atom. The van der Waals surface area contributed by atoms with Crippen molar-refractivity contribution in [2.24, 2.45) is 5.92 Å². The van der Waals surface area contributed by atoms with Crippen molar-refractivity contribution in [3.8, 4) is 5.75 Å². The summed E-state index contributed by atoms with van der Waals surface area (Å²) in [6.45, 7) is 5.26. The Balaban J connectivity index is 1.82. The minimum absolute atomic E-state index is 0.0280. The fourth-order valence-corrected chi connectivity index (χ4v) is 4.84. The van der Waals surface area contributed by atoms with Gasteiger partial charge in [0.2, 0.25) is 0 Å². The molecule has 0 saturated carbocycles. The third kappa shape index (κ3) is 5.95. The lowest BCUT2D eigenvalue weighted by atomic mass is 9.97. The number of carboxylic acid groups (broad SMARTS) is 1. The molecule has 1 saturated heterocycles. The minimum Gasteiger partial charge on any atom is -0.494 e. The van der Waals surface area contributed by atoms with Crippen molar-refractivity contribution < 1.29 is 32.6 Å². The number of nitrogens with zero attached hydrogens (tertiary/aromatic N) is 1. The highest BCUT2D eigenvalue weighted by Crippen LogP contribution is 2.30. The second kappa shape index (κ2) is 10.6. The first-order valence-electron chi connectivity index (χ1n) is 10.8. The SMILES string of the molecule is CCOC(=O)C1CCCN(c2ccc(NS(=O)(=O)c3ccc(OCC)cc3)cc2C(=O)O)C1. The van der Waals surface area contributed by atoms with Crippen LogP contribution in [0.2, 0.25) is 0 Å². The predicted molar refractivity (Wildman–Crippen MR) is 123 cm³/mol. The number of nitrogens with one attached hydrogen (secondary N) is 1. The molecule has 2 aromatic carbocycles. The number of carbonyl (C=O) groups is 2. The number of hydrogen-bond donors (Lipinski definition) is 2. The van der Waals surface area contributed by atoms with E-state index < -0.39 is 16.0 Å². The van der Waals surface area contributed by atoms with Gasteiger partial charge in [-0.15, -0.1) is 0 Å². The molecule has 1 aliphatic heterocycles. The molecule has 0 bridgehead atoms. The topological polar surface area (TPSA) is 122 Å². The number of benzene rings is 2. The summed E-state index contributed by atoms with van der Waals surface area (Å²) in [5.41, 5.74) is 0.510. The Morgan fingerprint density at radius 1 is 1.12 bits per heavy atom. The molecule has 33 heavy (non-hydrogen) atoms. The lowest BCUT2D eigenvalue weighted by molar-refractivity contribution is -0.148. The van der Waals surface area contributed by atoms with E-state index in [9.17, 15) is 23.1 Å². The van der Waals surface area contributed by atoms with Crippen molar-refractivity contribution in [3.05, 3.63) is 48.0 Å². The van der Waals surface area contributed by atoms with E-state index in [4.69, 9.17) is 9.47 Å². The maximum Gasteiger partial charge on any atom is 0.337 e. The number of carboxylic acids is 1. The number of piperidine rings is 1. The zero-order valence-corrected chi connectivity index (χ0v) is 19.4. The molecule has 0 radical (unpaired) electrons. The zero-order chi connectivity index (χ0) is 24.0. The highest BCUT2D eigenvalue weighted by Gasteiger charge is 2.29. The van der Waals surface area contributed by atoms with Crippen LogP contribution >= 0.6 is 0 Å². The van der Waals surface area contributed by atoms with Crippen LogP contribution in [-0.2, 0) is 19.6 Å². The smallest absolute Gasteiger partial charge is 0.337 e. The average molecular weight is 477 g/mol. The van der Waals surface area contributed by atoms with Crippen LogP contribution in [0.25, 0.3) is 0 Å². The van der Waals surface area contributed by atoms with Gasteiger partial charge in [0, 0.05) is 18.8 Å². The summed E-state index contributed by atoms with van der Waals surface area (Å²) in [5, 5.41) is 9.77. The Hall–Kier alpha value is -3.27. The van der Waals surface area contributed by atoms with Gasteiger partial charge in [0.15, 0.2) is 0 Å². The van der Waals surface area contributed by atoms with Gasteiger partial charge >= 0.3 is 11.9 Å². The average Bonchev–Trinajstić information content (AvgIpc) is 2.79. The molecule has 0 aromatic heterocycles. The lowest BCUT2D eigenvalue weighted by Crippen LogP contribution is -2.40. The van der Waals surface area contributed by atoms with Crippen molar-refractivity contribution >= 4 is 33.3 Å². The van der Waals surface area contributed by atoms with Gasteiger partial charge in [0.25, 0.3) is 10.0 Å². The molecular formula is C23H28N2O7S. The van der Waals surface area contributed by atoms with E-state index in [0.29, 0.717) is 50.6 Å². The van der Waals surface area contributed by atoms with Gasteiger partial charge in [-0.05, 0) is 69.2 Å². The summed E-state index contributed by atoms with van der Waals surface area (Å²) in [6.07, 6.45) is 1.40. The summed E-state index contributed by atoms with van der Waals surface area (Å²) in [7, 11) is -3.92. The van der Waals surface area contributed by atoms with E-state index >= 15 is 0 Å². The number of esters is 1. The number of anilines is 2. The van der Waals surface area contributed by atoms with Crippen molar-refractivity contribution in [1.82, 2.24) is 0 Å². The van der Waals surface area contributed by atoms with E-state index in [-0.39, 0.29) is 28.0 Å². The Bertz CT molecular complexity index is 1100. The number of ether oxygens (including phenoxy) is 2. The molecule has 2 N–H and O–H groups in total. The van der Waals surface area contributed by atoms with Gasteiger partial charge in [0.1, 0.15) is 5.75 Å². The van der Waals surface area contributed by atoms with Crippen LogP contribution in [0.15, 0.2) is 47.4 Å². The molecule has 1 aliphatic rings. The number of carbonyl (C=O) groups excluding carboxylic acids is 1. The van der Waals surface area contributed by atoms with Crippen LogP contribution in [0.4, 0.5) is 11.4 Å². The number of rotatable bonds is 9. The van der Waals surface area contributed by atoms with E-state index in [0.717, 1.165) is 0 Å². The molecule has 3 rings (SSSR count). The monoisotopic (exact) mass is 476 g/mol. The van der Waals surface area contributed by atoms with Crippen LogP contribution < -0.4 is 14.4 Å². The second-order valence-electron chi connectivity index (χ2n) is 7.58. The van der Waals surface area contributed by atoms with Crippen molar-refractivity contribution in [2.45, 2.75) is 31.6 Å².